The Morgan fingerprint density at radius 3 is 2.45 bits per heavy atom. The molecule has 5 heteroatoms. The molecule has 0 radical (unpaired) electrons. The Morgan fingerprint density at radius 2 is 1.85 bits per heavy atom. The van der Waals surface area contributed by atoms with E-state index in [0.29, 0.717) is 0 Å². The summed E-state index contributed by atoms with van der Waals surface area (Å²) in [6, 6.07) is 5.91. The molecular weight excluding hydrogens is 276 g/mol. The Morgan fingerprint density at radius 1 is 1.15 bits per heavy atom. The maximum Gasteiger partial charge on any atom is 0.132 e. The van der Waals surface area contributed by atoms with Gasteiger partial charge in [0.05, 0.1) is 0 Å². The predicted octanol–water partition coefficient (Wildman–Crippen LogP) is 1.40. The van der Waals surface area contributed by atoms with Crippen LogP contribution in [0.3, 0.4) is 0 Å². The molecule has 1 unspecified atom stereocenters. The third-order valence-electron chi connectivity index (χ3n) is 3.88. The Kier molecular flexibility index (Phi) is 5.09. The van der Waals surface area contributed by atoms with Gasteiger partial charge in [0, 0.05) is 0 Å². The first-order valence-corrected chi connectivity index (χ1v) is 8.10. The lowest BCUT2D eigenvalue weighted by Gasteiger charge is -2.40. The lowest BCUT2D eigenvalue weighted by Crippen LogP contribution is -2.52. The van der Waals surface area contributed by atoms with Crippen molar-refractivity contribution in [2.24, 2.45) is 0 Å². The van der Waals surface area contributed by atoms with Gasteiger partial charge in [0.15, 0.2) is 0 Å². The summed E-state index contributed by atoms with van der Waals surface area (Å²) >= 11 is 1.33. The fraction of sp³-hybridized carbons (Fsp3) is 0.600. The molecule has 1 aliphatic rings. The highest BCUT2D eigenvalue weighted by Crippen LogP contribution is 2.36. The minimum Gasteiger partial charge on any atom is -0.387 e. The molecule has 0 bridgehead atoms. The minimum atomic E-state index is -1.20. The average molecular weight is 298 g/mol. The zero-order valence-electron chi connectivity index (χ0n) is 12.0. The zero-order valence-corrected chi connectivity index (χ0v) is 12.8. The lowest BCUT2D eigenvalue weighted by atomic mass is 9.92. The number of aliphatic hydroxyl groups excluding tert-OH is 3. The fourth-order valence-electron chi connectivity index (χ4n) is 2.57. The Hall–Kier alpha value is -0.590. The van der Waals surface area contributed by atoms with Crippen LogP contribution in [0.2, 0.25) is 0 Å². The molecule has 5 atom stereocenters. The molecular formula is C15H22O4S. The number of hydrogen-bond acceptors (Lipinski definition) is 5. The van der Waals surface area contributed by atoms with E-state index in [4.69, 9.17) is 4.74 Å². The van der Waals surface area contributed by atoms with E-state index in [-0.39, 0.29) is 0 Å². The van der Waals surface area contributed by atoms with Crippen LogP contribution in [0.1, 0.15) is 29.7 Å². The van der Waals surface area contributed by atoms with Gasteiger partial charge in [-0.15, -0.1) is 11.8 Å². The number of aryl methyl sites for hydroxylation is 2. The van der Waals surface area contributed by atoms with Crippen molar-refractivity contribution in [3.8, 4) is 0 Å². The zero-order chi connectivity index (χ0) is 14.9. The minimum absolute atomic E-state index is 0.537. The van der Waals surface area contributed by atoms with E-state index in [0.717, 1.165) is 12.0 Å². The van der Waals surface area contributed by atoms with E-state index < -0.39 is 29.9 Å². The van der Waals surface area contributed by atoms with E-state index in [9.17, 15) is 15.3 Å². The molecule has 112 valence electrons. The molecule has 1 fully saturated rings. The summed E-state index contributed by atoms with van der Waals surface area (Å²) in [6.45, 7) is 4.12. The van der Waals surface area contributed by atoms with Crippen LogP contribution in [0.4, 0.5) is 0 Å². The van der Waals surface area contributed by atoms with E-state index in [2.05, 4.69) is 6.92 Å². The molecule has 0 amide bonds. The second-order valence-corrected chi connectivity index (χ2v) is 6.11. The van der Waals surface area contributed by atoms with Gasteiger partial charge in [-0.05, 0) is 36.3 Å². The molecule has 1 heterocycles. The summed E-state index contributed by atoms with van der Waals surface area (Å²) in [5, 5.41) is 30.0. The van der Waals surface area contributed by atoms with Gasteiger partial charge in [0.2, 0.25) is 0 Å². The maximum atomic E-state index is 10.2. The first kappa shape index (κ1) is 15.8. The van der Waals surface area contributed by atoms with Crippen LogP contribution in [0.5, 0.6) is 0 Å². The number of rotatable bonds is 3. The first-order valence-electron chi connectivity index (χ1n) is 6.81. The van der Waals surface area contributed by atoms with Gasteiger partial charge in [-0.25, -0.2) is 0 Å². The van der Waals surface area contributed by atoms with E-state index in [1.165, 1.54) is 22.9 Å². The fourth-order valence-corrected chi connectivity index (χ4v) is 3.24. The SMILES string of the molecule is CCc1cc(C2O[C@H](SC)[C@@H](O)[C@H](O)[C@H]2O)ccc1C. The van der Waals surface area contributed by atoms with Crippen molar-refractivity contribution in [3.63, 3.8) is 0 Å². The van der Waals surface area contributed by atoms with Gasteiger partial charge >= 0.3 is 0 Å². The summed E-state index contributed by atoms with van der Waals surface area (Å²) in [5.41, 5.74) is 2.69. The molecule has 3 N–H and O–H groups in total. The number of ether oxygens (including phenoxy) is 1. The molecule has 1 aromatic rings. The molecule has 1 aromatic carbocycles. The number of thioether (sulfide) groups is 1. The molecule has 1 aliphatic heterocycles. The van der Waals surface area contributed by atoms with Gasteiger partial charge in [-0.3, -0.25) is 0 Å². The van der Waals surface area contributed by atoms with Gasteiger partial charge < -0.3 is 20.1 Å². The molecule has 1 saturated heterocycles. The largest absolute Gasteiger partial charge is 0.387 e. The van der Waals surface area contributed by atoms with E-state index in [1.807, 2.05) is 31.4 Å². The standard InChI is InChI=1S/C15H22O4S/c1-4-9-7-10(6-5-8(9)2)14-12(17)11(16)13(18)15(19-14)20-3/h5-7,11-18H,4H2,1-3H3/t11-,12-,13+,14?,15-/m1/s1. The van der Waals surface area contributed by atoms with Crippen LogP contribution in [0.25, 0.3) is 0 Å². The summed E-state index contributed by atoms with van der Waals surface area (Å²) < 4.78 is 5.76. The molecule has 20 heavy (non-hydrogen) atoms. The van der Waals surface area contributed by atoms with E-state index in [1.54, 1.807) is 0 Å². The van der Waals surface area contributed by atoms with Crippen molar-refractivity contribution in [2.75, 3.05) is 6.26 Å². The van der Waals surface area contributed by atoms with Crippen molar-refractivity contribution in [3.05, 3.63) is 34.9 Å². The summed E-state index contributed by atoms with van der Waals surface area (Å²) in [5.74, 6) is 0. The summed E-state index contributed by atoms with van der Waals surface area (Å²) in [6.07, 6.45) is -1.30. The molecule has 0 spiro atoms. The van der Waals surface area contributed by atoms with Crippen LogP contribution in [-0.4, -0.2) is 45.3 Å². The molecule has 2 rings (SSSR count). The smallest absolute Gasteiger partial charge is 0.132 e. The van der Waals surface area contributed by atoms with Crippen molar-refractivity contribution < 1.29 is 20.1 Å². The summed E-state index contributed by atoms with van der Waals surface area (Å²) in [4.78, 5) is 0. The Bertz CT molecular complexity index is 463. The average Bonchev–Trinajstić information content (AvgIpc) is 2.46. The predicted molar refractivity (Wildman–Crippen MR) is 79.7 cm³/mol. The van der Waals surface area contributed by atoms with Gasteiger partial charge in [0.1, 0.15) is 29.9 Å². The highest BCUT2D eigenvalue weighted by molar-refractivity contribution is 7.99. The summed E-state index contributed by atoms with van der Waals surface area (Å²) in [7, 11) is 0. The molecule has 4 nitrogen and oxygen atoms in total. The number of aliphatic hydroxyl groups is 3. The van der Waals surface area contributed by atoms with Gasteiger partial charge in [0.25, 0.3) is 0 Å². The third-order valence-corrected chi connectivity index (χ3v) is 4.74. The second-order valence-electron chi connectivity index (χ2n) is 5.17. The highest BCUT2D eigenvalue weighted by atomic mass is 32.2. The van der Waals surface area contributed by atoms with Gasteiger partial charge in [-0.1, -0.05) is 25.1 Å². The topological polar surface area (TPSA) is 69.9 Å². The van der Waals surface area contributed by atoms with Crippen LogP contribution in [-0.2, 0) is 11.2 Å². The van der Waals surface area contributed by atoms with Crippen molar-refractivity contribution in [1.82, 2.24) is 0 Å². The van der Waals surface area contributed by atoms with Crippen LogP contribution in [0, 0.1) is 6.92 Å². The van der Waals surface area contributed by atoms with Crippen molar-refractivity contribution in [2.45, 2.75) is 50.1 Å². The van der Waals surface area contributed by atoms with E-state index >= 15 is 0 Å². The Balaban J connectivity index is 2.31. The van der Waals surface area contributed by atoms with Crippen molar-refractivity contribution in [1.29, 1.82) is 0 Å². The normalized spacial score (nSPS) is 34.2. The quantitative estimate of drug-likeness (QED) is 0.787. The van der Waals surface area contributed by atoms with Crippen molar-refractivity contribution >= 4 is 11.8 Å². The van der Waals surface area contributed by atoms with Gasteiger partial charge in [-0.2, -0.15) is 0 Å². The maximum absolute atomic E-state index is 10.2. The molecule has 0 aromatic heterocycles. The first-order chi connectivity index (χ1) is 9.49. The van der Waals surface area contributed by atoms with Crippen LogP contribution in [0.15, 0.2) is 18.2 Å². The second kappa shape index (κ2) is 6.45. The monoisotopic (exact) mass is 298 g/mol. The van der Waals surface area contributed by atoms with Crippen LogP contribution < -0.4 is 0 Å². The third kappa shape index (κ3) is 2.87. The number of benzene rings is 1. The molecule has 0 aliphatic carbocycles. The van der Waals surface area contributed by atoms with Crippen LogP contribution >= 0.6 is 11.8 Å². The number of hydrogen-bond donors (Lipinski definition) is 3. The Labute approximate surface area is 123 Å². The lowest BCUT2D eigenvalue weighted by molar-refractivity contribution is -0.200. The molecule has 0 saturated carbocycles. The highest BCUT2D eigenvalue weighted by Gasteiger charge is 2.43.